The molecule has 0 fully saturated rings. The second-order valence-electron chi connectivity index (χ2n) is 3.92. The van der Waals surface area contributed by atoms with Gasteiger partial charge in [0.05, 0.1) is 4.90 Å². The summed E-state index contributed by atoms with van der Waals surface area (Å²) in [6.07, 6.45) is -2.01. The van der Waals surface area contributed by atoms with E-state index in [1.54, 1.807) is 0 Å². The van der Waals surface area contributed by atoms with Crippen LogP contribution in [0.5, 0.6) is 5.75 Å². The molecule has 1 aromatic rings. The molecule has 0 atom stereocenters. The van der Waals surface area contributed by atoms with Gasteiger partial charge >= 0.3 is 6.36 Å². The Morgan fingerprint density at radius 1 is 1.10 bits per heavy atom. The summed E-state index contributed by atoms with van der Waals surface area (Å²) in [5.74, 6) is -0.486. The van der Waals surface area contributed by atoms with Crippen molar-refractivity contribution in [2.24, 2.45) is 0 Å². The zero-order chi connectivity index (χ0) is 16.1. The van der Waals surface area contributed by atoms with Crippen LogP contribution in [-0.2, 0) is 10.0 Å². The fourth-order valence-electron chi connectivity index (χ4n) is 1.52. The maximum Gasteiger partial charge on any atom is 0.573 e. The molecule has 0 aliphatic rings. The van der Waals surface area contributed by atoms with Gasteiger partial charge in [0.25, 0.3) is 0 Å². The lowest BCUT2D eigenvalue weighted by Crippen LogP contribution is -2.31. The molecule has 0 N–H and O–H groups in total. The van der Waals surface area contributed by atoms with Gasteiger partial charge in [-0.1, -0.05) is 12.2 Å². The predicted molar refractivity (Wildman–Crippen MR) is 72.3 cm³/mol. The first-order valence-corrected chi connectivity index (χ1v) is 7.22. The molecule has 21 heavy (non-hydrogen) atoms. The maximum atomic E-state index is 12.3. The first-order chi connectivity index (χ1) is 9.70. The largest absolute Gasteiger partial charge is 0.573 e. The fraction of sp³-hybridized carbons (Fsp3) is 0.231. The smallest absolute Gasteiger partial charge is 0.406 e. The molecule has 0 saturated carbocycles. The van der Waals surface area contributed by atoms with Crippen molar-refractivity contribution < 1.29 is 26.3 Å². The highest BCUT2D eigenvalue weighted by atomic mass is 32.2. The lowest BCUT2D eigenvalue weighted by molar-refractivity contribution is -0.274. The highest BCUT2D eigenvalue weighted by molar-refractivity contribution is 7.89. The number of hydrogen-bond acceptors (Lipinski definition) is 3. The van der Waals surface area contributed by atoms with Crippen LogP contribution in [0.1, 0.15) is 0 Å². The molecule has 4 nitrogen and oxygen atoms in total. The van der Waals surface area contributed by atoms with Gasteiger partial charge in [-0.05, 0) is 24.3 Å². The molecule has 116 valence electrons. The summed E-state index contributed by atoms with van der Waals surface area (Å²) in [7, 11) is -3.83. The van der Waals surface area contributed by atoms with E-state index in [2.05, 4.69) is 17.9 Å². The van der Waals surface area contributed by atoms with Crippen molar-refractivity contribution in [2.45, 2.75) is 11.3 Å². The summed E-state index contributed by atoms with van der Waals surface area (Å²) in [4.78, 5) is -0.138. The second-order valence-corrected chi connectivity index (χ2v) is 5.86. The minimum absolute atomic E-state index is 0.0646. The van der Waals surface area contributed by atoms with Crippen LogP contribution in [0.25, 0.3) is 0 Å². The highest BCUT2D eigenvalue weighted by Crippen LogP contribution is 2.25. The maximum absolute atomic E-state index is 12.3. The van der Waals surface area contributed by atoms with Gasteiger partial charge in [0.1, 0.15) is 5.75 Å². The summed E-state index contributed by atoms with van der Waals surface area (Å²) in [5.41, 5.74) is 0. The van der Waals surface area contributed by atoms with Crippen LogP contribution in [0.2, 0.25) is 0 Å². The van der Waals surface area contributed by atoms with Crippen LogP contribution in [0.3, 0.4) is 0 Å². The van der Waals surface area contributed by atoms with E-state index in [4.69, 9.17) is 0 Å². The Morgan fingerprint density at radius 2 is 1.57 bits per heavy atom. The Kier molecular flexibility index (Phi) is 5.56. The average Bonchev–Trinajstić information content (AvgIpc) is 2.37. The summed E-state index contributed by atoms with van der Waals surface area (Å²) >= 11 is 0. The number of rotatable bonds is 7. The molecule has 0 spiro atoms. The standard InChI is InChI=1S/C13H14F3NO3S/c1-3-9-17(10-4-2)21(18,19)12-7-5-11(6-8-12)20-13(14,15)16/h3-8H,1-2,9-10H2. The molecule has 1 aromatic carbocycles. The van der Waals surface area contributed by atoms with Gasteiger partial charge in [0, 0.05) is 13.1 Å². The Labute approximate surface area is 121 Å². The summed E-state index contributed by atoms with van der Waals surface area (Å²) in [6, 6.07) is 3.99. The van der Waals surface area contributed by atoms with Crippen molar-refractivity contribution in [3.8, 4) is 5.75 Å². The zero-order valence-electron chi connectivity index (χ0n) is 11.0. The number of sulfonamides is 1. The molecule has 8 heteroatoms. The topological polar surface area (TPSA) is 46.6 Å². The van der Waals surface area contributed by atoms with Crippen LogP contribution < -0.4 is 4.74 Å². The molecule has 0 aliphatic carbocycles. The molecule has 0 heterocycles. The van der Waals surface area contributed by atoms with E-state index in [-0.39, 0.29) is 18.0 Å². The number of nitrogens with zero attached hydrogens (tertiary/aromatic N) is 1. The number of alkyl halides is 3. The molecular formula is C13H14F3NO3S. The van der Waals surface area contributed by atoms with E-state index in [1.165, 1.54) is 12.2 Å². The molecule has 0 radical (unpaired) electrons. The molecule has 0 amide bonds. The lowest BCUT2D eigenvalue weighted by atomic mass is 10.3. The first-order valence-electron chi connectivity index (χ1n) is 5.78. The quantitative estimate of drug-likeness (QED) is 0.726. The van der Waals surface area contributed by atoms with Crippen LogP contribution in [-0.4, -0.2) is 32.2 Å². The van der Waals surface area contributed by atoms with Gasteiger partial charge < -0.3 is 4.74 Å². The summed E-state index contributed by atoms with van der Waals surface area (Å²) < 4.78 is 65.4. The van der Waals surface area contributed by atoms with Crippen LogP contribution in [0.4, 0.5) is 13.2 Å². The SMILES string of the molecule is C=CCN(CC=C)S(=O)(=O)c1ccc(OC(F)(F)F)cc1. The third-order valence-corrected chi connectivity index (χ3v) is 4.21. The van der Waals surface area contributed by atoms with Crippen molar-refractivity contribution in [3.63, 3.8) is 0 Å². The van der Waals surface area contributed by atoms with Crippen LogP contribution in [0, 0.1) is 0 Å². The Bertz CT molecular complexity index is 584. The van der Waals surface area contributed by atoms with Gasteiger partial charge in [-0.15, -0.1) is 26.3 Å². The van der Waals surface area contributed by atoms with E-state index < -0.39 is 22.1 Å². The van der Waals surface area contributed by atoms with Gasteiger partial charge in [-0.2, -0.15) is 4.31 Å². The van der Waals surface area contributed by atoms with Crippen molar-refractivity contribution >= 4 is 10.0 Å². The van der Waals surface area contributed by atoms with E-state index in [0.717, 1.165) is 28.6 Å². The second kappa shape index (κ2) is 6.77. The molecule has 0 saturated heterocycles. The van der Waals surface area contributed by atoms with Crippen molar-refractivity contribution in [2.75, 3.05) is 13.1 Å². The van der Waals surface area contributed by atoms with Crippen molar-refractivity contribution in [1.29, 1.82) is 0 Å². The molecule has 0 bridgehead atoms. The van der Waals surface area contributed by atoms with Gasteiger partial charge in [-0.3, -0.25) is 0 Å². The number of halogens is 3. The third kappa shape index (κ3) is 4.91. The lowest BCUT2D eigenvalue weighted by Gasteiger charge is -2.19. The van der Waals surface area contributed by atoms with Crippen molar-refractivity contribution in [3.05, 3.63) is 49.6 Å². The molecule has 0 aromatic heterocycles. The molecule has 0 unspecified atom stereocenters. The minimum Gasteiger partial charge on any atom is -0.406 e. The van der Waals surface area contributed by atoms with Gasteiger partial charge in [-0.25, -0.2) is 8.42 Å². The third-order valence-electron chi connectivity index (χ3n) is 2.36. The molecule has 1 rings (SSSR count). The minimum atomic E-state index is -4.82. The van der Waals surface area contributed by atoms with Crippen LogP contribution >= 0.6 is 0 Å². The Balaban J connectivity index is 3.03. The zero-order valence-corrected chi connectivity index (χ0v) is 11.8. The van der Waals surface area contributed by atoms with E-state index in [1.807, 2.05) is 0 Å². The highest BCUT2D eigenvalue weighted by Gasteiger charge is 2.31. The number of hydrogen-bond donors (Lipinski definition) is 0. The number of ether oxygens (including phenoxy) is 1. The first kappa shape index (κ1) is 17.3. The normalized spacial score (nSPS) is 12.2. The molecule has 0 aliphatic heterocycles. The Hall–Kier alpha value is -1.80. The predicted octanol–water partition coefficient (Wildman–Crippen LogP) is 2.95. The molecular weight excluding hydrogens is 307 g/mol. The van der Waals surface area contributed by atoms with Crippen LogP contribution in [0.15, 0.2) is 54.5 Å². The van der Waals surface area contributed by atoms with E-state index >= 15 is 0 Å². The average molecular weight is 321 g/mol. The fourth-order valence-corrected chi connectivity index (χ4v) is 2.90. The van der Waals surface area contributed by atoms with E-state index in [9.17, 15) is 21.6 Å². The summed E-state index contributed by atoms with van der Waals surface area (Å²) in [5, 5.41) is 0. The summed E-state index contributed by atoms with van der Waals surface area (Å²) in [6.45, 7) is 7.05. The van der Waals surface area contributed by atoms with Gasteiger partial charge in [0.2, 0.25) is 10.0 Å². The van der Waals surface area contributed by atoms with Crippen molar-refractivity contribution in [1.82, 2.24) is 4.31 Å². The van der Waals surface area contributed by atoms with E-state index in [0.29, 0.717) is 0 Å². The monoisotopic (exact) mass is 321 g/mol. The number of benzene rings is 1. The van der Waals surface area contributed by atoms with Gasteiger partial charge in [0.15, 0.2) is 0 Å². The Morgan fingerprint density at radius 3 is 1.95 bits per heavy atom.